The number of rotatable bonds is 5. The Kier molecular flexibility index (Phi) is 6.07. The normalized spacial score (nSPS) is 21.8. The van der Waals surface area contributed by atoms with E-state index in [-0.39, 0.29) is 12.0 Å². The van der Waals surface area contributed by atoms with Crippen LogP contribution in [-0.2, 0) is 9.53 Å². The highest BCUT2D eigenvalue weighted by atomic mass is 16.5. The lowest BCUT2D eigenvalue weighted by Gasteiger charge is -2.36. The Balaban J connectivity index is 1.49. The van der Waals surface area contributed by atoms with Crippen molar-refractivity contribution in [1.82, 2.24) is 14.9 Å². The largest absolute Gasteiger partial charge is 0.478 e. The molecule has 0 aliphatic carbocycles. The number of ether oxygens (including phenoxy) is 2. The lowest BCUT2D eigenvalue weighted by atomic mass is 9.95. The molecule has 1 amide bonds. The number of nitrogens with zero attached hydrogens (tertiary/aromatic N) is 4. The van der Waals surface area contributed by atoms with Crippen LogP contribution in [0.15, 0.2) is 12.4 Å². The number of amides is 1. The van der Waals surface area contributed by atoms with Gasteiger partial charge in [0.25, 0.3) is 11.8 Å². The number of carbonyl (C=O) groups is 1. The molecule has 1 aromatic heterocycles. The van der Waals surface area contributed by atoms with Crippen molar-refractivity contribution in [3.8, 4) is 5.88 Å². The fraction of sp³-hybridized carbons (Fsp3) is 0.722. The van der Waals surface area contributed by atoms with Gasteiger partial charge in [-0.1, -0.05) is 0 Å². The zero-order valence-corrected chi connectivity index (χ0v) is 15.2. The van der Waals surface area contributed by atoms with Gasteiger partial charge in [0.2, 0.25) is 0 Å². The van der Waals surface area contributed by atoms with Gasteiger partial charge < -0.3 is 19.3 Å². The molecule has 0 bridgehead atoms. The number of piperidine rings is 1. The quantitative estimate of drug-likeness (QED) is 0.807. The van der Waals surface area contributed by atoms with E-state index in [4.69, 9.17) is 9.47 Å². The van der Waals surface area contributed by atoms with E-state index in [0.717, 1.165) is 64.2 Å². The fourth-order valence-electron chi connectivity index (χ4n) is 3.67. The van der Waals surface area contributed by atoms with Gasteiger partial charge in [-0.3, -0.25) is 4.79 Å². The Morgan fingerprint density at radius 1 is 1.28 bits per heavy atom. The molecule has 0 radical (unpaired) electrons. The van der Waals surface area contributed by atoms with Gasteiger partial charge in [0, 0.05) is 45.7 Å². The molecule has 3 heterocycles. The summed E-state index contributed by atoms with van der Waals surface area (Å²) in [4.78, 5) is 25.2. The number of anilines is 1. The molecule has 138 valence electrons. The Hall–Kier alpha value is -1.89. The Bertz CT molecular complexity index is 569. The molecule has 0 spiro atoms. The first-order valence-corrected chi connectivity index (χ1v) is 9.15. The van der Waals surface area contributed by atoms with Crippen LogP contribution in [0.4, 0.5) is 5.82 Å². The maximum Gasteiger partial charge on any atom is 0.257 e. The molecule has 0 saturated carbocycles. The molecule has 1 aromatic rings. The van der Waals surface area contributed by atoms with Crippen LogP contribution in [0, 0.1) is 5.92 Å². The van der Waals surface area contributed by atoms with Crippen LogP contribution in [0.5, 0.6) is 5.88 Å². The molecular weight excluding hydrogens is 320 g/mol. The lowest BCUT2D eigenvalue weighted by Crippen LogP contribution is -2.46. The molecule has 0 aromatic carbocycles. The number of aromatic nitrogens is 2. The summed E-state index contributed by atoms with van der Waals surface area (Å²) >= 11 is 0. The highest BCUT2D eigenvalue weighted by molar-refractivity contribution is 5.81. The minimum atomic E-state index is -0.211. The zero-order valence-electron chi connectivity index (χ0n) is 15.2. The summed E-state index contributed by atoms with van der Waals surface area (Å²) in [6.07, 6.45) is 8.15. The number of likely N-dealkylation sites (tertiary alicyclic amines) is 1. The predicted octanol–water partition coefficient (Wildman–Crippen LogP) is 1.73. The van der Waals surface area contributed by atoms with Gasteiger partial charge in [0.15, 0.2) is 5.82 Å². The van der Waals surface area contributed by atoms with Gasteiger partial charge in [0.1, 0.15) is 6.10 Å². The Morgan fingerprint density at radius 2 is 2.04 bits per heavy atom. The summed E-state index contributed by atoms with van der Waals surface area (Å²) in [5.74, 6) is 2.03. The monoisotopic (exact) mass is 348 g/mol. The van der Waals surface area contributed by atoms with E-state index in [1.54, 1.807) is 19.5 Å². The van der Waals surface area contributed by atoms with Gasteiger partial charge >= 0.3 is 0 Å². The number of hydrogen-bond acceptors (Lipinski definition) is 6. The molecule has 1 atom stereocenters. The molecule has 2 saturated heterocycles. The van der Waals surface area contributed by atoms with Gasteiger partial charge in [0.05, 0.1) is 7.11 Å². The third-order valence-corrected chi connectivity index (χ3v) is 5.11. The van der Waals surface area contributed by atoms with Crippen molar-refractivity contribution in [3.05, 3.63) is 12.4 Å². The third-order valence-electron chi connectivity index (χ3n) is 5.11. The summed E-state index contributed by atoms with van der Waals surface area (Å²) < 4.78 is 10.9. The van der Waals surface area contributed by atoms with E-state index < -0.39 is 0 Å². The van der Waals surface area contributed by atoms with Crippen LogP contribution in [0.3, 0.4) is 0 Å². The summed E-state index contributed by atoms with van der Waals surface area (Å²) in [7, 11) is 3.62. The van der Waals surface area contributed by atoms with E-state index >= 15 is 0 Å². The van der Waals surface area contributed by atoms with Crippen molar-refractivity contribution < 1.29 is 14.3 Å². The van der Waals surface area contributed by atoms with Crippen molar-refractivity contribution in [2.24, 2.45) is 5.92 Å². The van der Waals surface area contributed by atoms with E-state index in [1.165, 1.54) is 0 Å². The molecule has 7 heteroatoms. The first-order valence-electron chi connectivity index (χ1n) is 9.15. The summed E-state index contributed by atoms with van der Waals surface area (Å²) in [5.41, 5.74) is 0. The van der Waals surface area contributed by atoms with Crippen molar-refractivity contribution >= 4 is 11.7 Å². The average molecular weight is 348 g/mol. The molecule has 2 aliphatic rings. The predicted molar refractivity (Wildman–Crippen MR) is 94.7 cm³/mol. The van der Waals surface area contributed by atoms with Crippen LogP contribution < -0.4 is 9.64 Å². The van der Waals surface area contributed by atoms with Crippen LogP contribution in [0.2, 0.25) is 0 Å². The molecular formula is C18H28N4O3. The van der Waals surface area contributed by atoms with E-state index in [2.05, 4.69) is 14.9 Å². The SMILES string of the molecule is COc1nccnc1N(C)CC1CCN(C(=O)C2CCCCO2)CC1. The van der Waals surface area contributed by atoms with Crippen LogP contribution >= 0.6 is 0 Å². The van der Waals surface area contributed by atoms with E-state index in [0.29, 0.717) is 11.8 Å². The average Bonchev–Trinajstić information content (AvgIpc) is 2.68. The van der Waals surface area contributed by atoms with Gasteiger partial charge in [-0.05, 0) is 38.0 Å². The standard InChI is InChI=1S/C18H28N4O3/c1-21(16-17(24-2)20-9-8-19-16)13-14-6-10-22(11-7-14)18(23)15-5-3-4-12-25-15/h8-9,14-15H,3-7,10-13H2,1-2H3. The molecule has 2 fully saturated rings. The molecule has 3 rings (SSSR count). The van der Waals surface area contributed by atoms with Crippen molar-refractivity contribution in [2.75, 3.05) is 45.3 Å². The van der Waals surface area contributed by atoms with Crippen molar-refractivity contribution in [3.63, 3.8) is 0 Å². The molecule has 0 N–H and O–H groups in total. The topological polar surface area (TPSA) is 67.8 Å². The minimum Gasteiger partial charge on any atom is -0.478 e. The second kappa shape index (κ2) is 8.47. The highest BCUT2D eigenvalue weighted by Crippen LogP contribution is 2.25. The Labute approximate surface area is 149 Å². The smallest absolute Gasteiger partial charge is 0.257 e. The third kappa shape index (κ3) is 4.39. The van der Waals surface area contributed by atoms with Gasteiger partial charge in [-0.15, -0.1) is 0 Å². The lowest BCUT2D eigenvalue weighted by molar-refractivity contribution is -0.147. The zero-order chi connectivity index (χ0) is 17.6. The summed E-state index contributed by atoms with van der Waals surface area (Å²) in [5, 5.41) is 0. The molecule has 1 unspecified atom stereocenters. The summed E-state index contributed by atoms with van der Waals surface area (Å²) in [6, 6.07) is 0. The first-order chi connectivity index (χ1) is 12.2. The highest BCUT2D eigenvalue weighted by Gasteiger charge is 2.30. The van der Waals surface area contributed by atoms with Crippen LogP contribution in [0.25, 0.3) is 0 Å². The van der Waals surface area contributed by atoms with Crippen LogP contribution in [0.1, 0.15) is 32.1 Å². The van der Waals surface area contributed by atoms with Crippen LogP contribution in [-0.4, -0.2) is 67.3 Å². The minimum absolute atomic E-state index is 0.182. The number of methoxy groups -OCH3 is 1. The Morgan fingerprint density at radius 3 is 2.72 bits per heavy atom. The number of hydrogen-bond donors (Lipinski definition) is 0. The molecule has 7 nitrogen and oxygen atoms in total. The summed E-state index contributed by atoms with van der Waals surface area (Å²) in [6.45, 7) is 3.23. The van der Waals surface area contributed by atoms with Gasteiger partial charge in [-0.25, -0.2) is 9.97 Å². The fourth-order valence-corrected chi connectivity index (χ4v) is 3.67. The van der Waals surface area contributed by atoms with E-state index in [9.17, 15) is 4.79 Å². The molecule has 2 aliphatic heterocycles. The molecule has 25 heavy (non-hydrogen) atoms. The second-order valence-electron chi connectivity index (χ2n) is 6.89. The number of carbonyl (C=O) groups excluding carboxylic acids is 1. The van der Waals surface area contributed by atoms with E-state index in [1.807, 2.05) is 11.9 Å². The second-order valence-corrected chi connectivity index (χ2v) is 6.89. The maximum atomic E-state index is 12.5. The van der Waals surface area contributed by atoms with Crippen molar-refractivity contribution in [2.45, 2.75) is 38.2 Å². The maximum absolute atomic E-state index is 12.5. The van der Waals surface area contributed by atoms with Crippen molar-refractivity contribution in [1.29, 1.82) is 0 Å². The first kappa shape index (κ1) is 17.9. The van der Waals surface area contributed by atoms with Gasteiger partial charge in [-0.2, -0.15) is 0 Å².